The number of hydrogen-bond donors (Lipinski definition) is 1. The number of carbonyl (C=O) groups excluding carboxylic acids is 1. The minimum Gasteiger partial charge on any atom is -0.350 e. The number of hydrogen-bond acceptors (Lipinski definition) is 8. The fourth-order valence-electron chi connectivity index (χ4n) is 2.21. The Labute approximate surface area is 138 Å². The van der Waals surface area contributed by atoms with Gasteiger partial charge >= 0.3 is 0 Å². The second-order valence-corrected chi connectivity index (χ2v) is 6.11. The van der Waals surface area contributed by atoms with Crippen molar-refractivity contribution in [2.75, 3.05) is 11.6 Å². The molecule has 114 valence electrons. The molecular formula is C14H9N5O2S2. The predicted molar refractivity (Wildman–Crippen MR) is 89.0 cm³/mol. The van der Waals surface area contributed by atoms with Crippen LogP contribution in [-0.2, 0) is 0 Å². The molecule has 7 nitrogen and oxygen atoms in total. The van der Waals surface area contributed by atoms with Crippen molar-refractivity contribution in [1.29, 1.82) is 0 Å². The van der Waals surface area contributed by atoms with Crippen molar-refractivity contribution in [2.45, 2.75) is 5.16 Å². The second-order valence-electron chi connectivity index (χ2n) is 4.59. The van der Waals surface area contributed by atoms with Gasteiger partial charge in [0.05, 0.1) is 10.9 Å². The summed E-state index contributed by atoms with van der Waals surface area (Å²) in [5, 5.41) is 9.26. The Hall–Kier alpha value is -2.52. The lowest BCUT2D eigenvalue weighted by molar-refractivity contribution is 0.0990. The van der Waals surface area contributed by atoms with Gasteiger partial charge in [-0.2, -0.15) is 9.36 Å². The monoisotopic (exact) mass is 343 g/mol. The highest BCUT2D eigenvalue weighted by molar-refractivity contribution is 7.98. The Morgan fingerprint density at radius 1 is 1.30 bits per heavy atom. The van der Waals surface area contributed by atoms with Gasteiger partial charge in [0.2, 0.25) is 16.0 Å². The molecule has 0 spiro atoms. The van der Waals surface area contributed by atoms with Crippen LogP contribution in [0.4, 0.5) is 5.13 Å². The van der Waals surface area contributed by atoms with Crippen LogP contribution in [0.1, 0.15) is 10.6 Å². The van der Waals surface area contributed by atoms with Crippen molar-refractivity contribution in [1.82, 2.24) is 19.5 Å². The van der Waals surface area contributed by atoms with E-state index in [4.69, 9.17) is 4.52 Å². The molecule has 3 aromatic heterocycles. The number of carbonyl (C=O) groups is 1. The molecule has 1 aromatic carbocycles. The van der Waals surface area contributed by atoms with Crippen molar-refractivity contribution in [3.63, 3.8) is 0 Å². The maximum absolute atomic E-state index is 12.4. The lowest BCUT2D eigenvalue weighted by Gasteiger charge is -1.98. The average Bonchev–Trinajstić information content (AvgIpc) is 3.21. The molecule has 0 aliphatic heterocycles. The second kappa shape index (κ2) is 5.60. The van der Waals surface area contributed by atoms with E-state index in [1.165, 1.54) is 11.8 Å². The molecule has 0 radical (unpaired) electrons. The van der Waals surface area contributed by atoms with Crippen molar-refractivity contribution in [3.8, 4) is 0 Å². The third kappa shape index (κ3) is 2.43. The van der Waals surface area contributed by atoms with Crippen LogP contribution in [0.25, 0.3) is 21.8 Å². The number of nitrogens with one attached hydrogen (secondary N) is 1. The SMILES string of the molecule is CSc1nsc(NC(=O)c2onc3c2ccc2cccnc23)n1. The topological polar surface area (TPSA) is 93.8 Å². The van der Waals surface area contributed by atoms with Crippen LogP contribution >= 0.6 is 23.3 Å². The molecular weight excluding hydrogens is 334 g/mol. The summed E-state index contributed by atoms with van der Waals surface area (Å²) in [4.78, 5) is 20.9. The summed E-state index contributed by atoms with van der Waals surface area (Å²) in [6.45, 7) is 0. The van der Waals surface area contributed by atoms with E-state index in [0.717, 1.165) is 16.9 Å². The van der Waals surface area contributed by atoms with Crippen molar-refractivity contribution in [2.24, 2.45) is 0 Å². The highest BCUT2D eigenvalue weighted by Gasteiger charge is 2.20. The average molecular weight is 343 g/mol. The smallest absolute Gasteiger partial charge is 0.296 e. The molecule has 23 heavy (non-hydrogen) atoms. The Morgan fingerprint density at radius 3 is 3.04 bits per heavy atom. The number of aromatic nitrogens is 4. The van der Waals surface area contributed by atoms with Gasteiger partial charge < -0.3 is 4.52 Å². The number of benzene rings is 1. The summed E-state index contributed by atoms with van der Waals surface area (Å²) in [6, 6.07) is 7.47. The number of nitrogens with zero attached hydrogens (tertiary/aromatic N) is 4. The van der Waals surface area contributed by atoms with Gasteiger partial charge in [-0.3, -0.25) is 15.1 Å². The quantitative estimate of drug-likeness (QED) is 0.571. The van der Waals surface area contributed by atoms with Crippen LogP contribution in [0.2, 0.25) is 0 Å². The lowest BCUT2D eigenvalue weighted by Crippen LogP contribution is -2.11. The first-order valence-electron chi connectivity index (χ1n) is 6.58. The van der Waals surface area contributed by atoms with E-state index in [1.54, 1.807) is 12.3 Å². The van der Waals surface area contributed by atoms with E-state index in [2.05, 4.69) is 24.8 Å². The molecule has 0 aliphatic carbocycles. The normalized spacial score (nSPS) is 11.2. The predicted octanol–water partition coefficient (Wildman–Crippen LogP) is 3.20. The van der Waals surface area contributed by atoms with E-state index < -0.39 is 5.91 Å². The van der Waals surface area contributed by atoms with Gasteiger partial charge in [0.15, 0.2) is 0 Å². The number of amides is 1. The largest absolute Gasteiger partial charge is 0.350 e. The Balaban J connectivity index is 1.73. The Bertz CT molecular complexity index is 1030. The van der Waals surface area contributed by atoms with Crippen LogP contribution in [0.5, 0.6) is 0 Å². The molecule has 9 heteroatoms. The fourth-order valence-corrected chi connectivity index (χ4v) is 3.33. The van der Waals surface area contributed by atoms with Gasteiger partial charge in [-0.1, -0.05) is 29.1 Å². The minimum absolute atomic E-state index is 0.133. The first-order chi connectivity index (χ1) is 11.3. The summed E-state index contributed by atoms with van der Waals surface area (Å²) in [6.07, 6.45) is 3.55. The molecule has 1 amide bonds. The number of pyridine rings is 1. The molecule has 0 saturated carbocycles. The Morgan fingerprint density at radius 2 is 2.22 bits per heavy atom. The number of rotatable bonds is 3. The van der Waals surface area contributed by atoms with Crippen LogP contribution < -0.4 is 5.32 Å². The third-order valence-corrected chi connectivity index (χ3v) is 4.53. The van der Waals surface area contributed by atoms with Crippen molar-refractivity contribution < 1.29 is 9.32 Å². The zero-order valence-electron chi connectivity index (χ0n) is 11.8. The van der Waals surface area contributed by atoms with Gasteiger partial charge in [0, 0.05) is 23.1 Å². The summed E-state index contributed by atoms with van der Waals surface area (Å²) >= 11 is 2.53. The molecule has 1 N–H and O–H groups in total. The van der Waals surface area contributed by atoms with E-state index >= 15 is 0 Å². The summed E-state index contributed by atoms with van der Waals surface area (Å²) < 4.78 is 9.33. The highest BCUT2D eigenvalue weighted by atomic mass is 32.2. The van der Waals surface area contributed by atoms with Crippen LogP contribution in [-0.4, -0.2) is 31.7 Å². The first-order valence-corrected chi connectivity index (χ1v) is 8.58. The standard InChI is InChI=1S/C14H9N5O2S2/c1-22-14-17-13(23-19-14)16-12(20)11-8-5-4-7-3-2-6-15-9(7)10(8)18-21-11/h2-6H,1H3,(H,16,17,19,20). The van der Waals surface area contributed by atoms with Crippen molar-refractivity contribution >= 4 is 56.1 Å². The van der Waals surface area contributed by atoms with Crippen LogP contribution in [0, 0.1) is 0 Å². The maximum atomic E-state index is 12.4. The molecule has 0 atom stereocenters. The van der Waals surface area contributed by atoms with Gasteiger partial charge in [-0.25, -0.2) is 0 Å². The molecule has 3 heterocycles. The summed E-state index contributed by atoms with van der Waals surface area (Å²) in [5.74, 6) is -0.278. The number of thioether (sulfide) groups is 1. The molecule has 0 saturated heterocycles. The maximum Gasteiger partial charge on any atom is 0.296 e. The van der Waals surface area contributed by atoms with E-state index in [0.29, 0.717) is 26.7 Å². The van der Waals surface area contributed by atoms with Gasteiger partial charge in [-0.05, 0) is 18.4 Å². The summed E-state index contributed by atoms with van der Waals surface area (Å²) in [7, 11) is 0. The number of anilines is 1. The van der Waals surface area contributed by atoms with Crippen LogP contribution in [0.15, 0.2) is 40.1 Å². The molecule has 0 fully saturated rings. The number of fused-ring (bicyclic) bond motifs is 3. The van der Waals surface area contributed by atoms with Gasteiger partial charge in [-0.15, -0.1) is 0 Å². The van der Waals surface area contributed by atoms with Gasteiger partial charge in [0.1, 0.15) is 5.52 Å². The Kier molecular flexibility index (Phi) is 3.43. The zero-order chi connectivity index (χ0) is 15.8. The lowest BCUT2D eigenvalue weighted by atomic mass is 10.1. The fraction of sp³-hybridized carbons (Fsp3) is 0.0714. The van der Waals surface area contributed by atoms with Crippen LogP contribution in [0.3, 0.4) is 0 Å². The van der Waals surface area contributed by atoms with Crippen molar-refractivity contribution in [3.05, 3.63) is 36.2 Å². The molecule has 4 aromatic rings. The zero-order valence-corrected chi connectivity index (χ0v) is 13.4. The third-order valence-electron chi connectivity index (χ3n) is 3.24. The van der Waals surface area contributed by atoms with E-state index in [-0.39, 0.29) is 5.76 Å². The molecule has 0 aliphatic rings. The molecule has 4 rings (SSSR count). The summed E-state index contributed by atoms with van der Waals surface area (Å²) in [5.41, 5.74) is 1.27. The molecule has 0 unspecified atom stereocenters. The first kappa shape index (κ1) is 14.1. The molecule has 0 bridgehead atoms. The van der Waals surface area contributed by atoms with Gasteiger partial charge in [0.25, 0.3) is 5.91 Å². The van der Waals surface area contributed by atoms with E-state index in [1.807, 2.05) is 24.5 Å². The highest BCUT2D eigenvalue weighted by Crippen LogP contribution is 2.26. The minimum atomic E-state index is -0.411. The van der Waals surface area contributed by atoms with E-state index in [9.17, 15) is 4.79 Å².